The van der Waals surface area contributed by atoms with Crippen LogP contribution in [-0.4, -0.2) is 13.0 Å². The van der Waals surface area contributed by atoms with Crippen LogP contribution in [0.25, 0.3) is 10.8 Å². The quantitative estimate of drug-likeness (QED) is 0.544. The minimum absolute atomic E-state index is 0.00155. The zero-order chi connectivity index (χ0) is 18.1. The van der Waals surface area contributed by atoms with Crippen molar-refractivity contribution in [3.05, 3.63) is 71.5 Å². The van der Waals surface area contributed by atoms with Crippen molar-refractivity contribution in [2.45, 2.75) is 6.92 Å². The van der Waals surface area contributed by atoms with Crippen molar-refractivity contribution in [1.29, 1.82) is 0 Å². The molecule has 0 fully saturated rings. The highest BCUT2D eigenvalue weighted by Gasteiger charge is 2.16. The van der Waals surface area contributed by atoms with Gasteiger partial charge in [-0.15, -0.1) is 0 Å². The van der Waals surface area contributed by atoms with Crippen LogP contribution in [0, 0.1) is 24.4 Å². The fourth-order valence-corrected chi connectivity index (χ4v) is 2.62. The van der Waals surface area contributed by atoms with E-state index in [2.05, 4.69) is 4.99 Å². The molecule has 0 radical (unpaired) electrons. The minimum Gasteiger partial charge on any atom is -0.369 e. The average molecular weight is 343 g/mol. The number of aliphatic imine (C=N–C) groups is 1. The highest BCUT2D eigenvalue weighted by molar-refractivity contribution is 6.00. The second-order valence-electron chi connectivity index (χ2n) is 5.72. The molecule has 6 heteroatoms. The molecule has 3 aromatic rings. The maximum atomic E-state index is 14.3. The number of nitrogens with zero attached hydrogens (tertiary/aromatic N) is 2. The number of fused-ring (bicyclic) bond motifs is 1. The number of aryl methyl sites for hydroxylation is 1. The van der Waals surface area contributed by atoms with E-state index in [9.17, 15) is 13.2 Å². The van der Waals surface area contributed by atoms with Gasteiger partial charge >= 0.3 is 0 Å². The molecule has 0 aromatic heterocycles. The van der Waals surface area contributed by atoms with Gasteiger partial charge in [0, 0.05) is 24.2 Å². The second kappa shape index (κ2) is 6.47. The molecule has 3 nitrogen and oxygen atoms in total. The van der Waals surface area contributed by atoms with Gasteiger partial charge in [-0.05, 0) is 30.7 Å². The van der Waals surface area contributed by atoms with Crippen LogP contribution in [0.1, 0.15) is 5.56 Å². The molecule has 0 aliphatic carbocycles. The van der Waals surface area contributed by atoms with Gasteiger partial charge in [0.1, 0.15) is 17.3 Å². The second-order valence-corrected chi connectivity index (χ2v) is 5.72. The van der Waals surface area contributed by atoms with Gasteiger partial charge in [0.15, 0.2) is 5.82 Å². The third kappa shape index (κ3) is 3.15. The lowest BCUT2D eigenvalue weighted by molar-refractivity contribution is 0.582. The fourth-order valence-electron chi connectivity index (χ4n) is 2.62. The predicted octanol–water partition coefficient (Wildman–Crippen LogP) is 4.65. The normalized spacial score (nSPS) is 11.8. The number of anilines is 1. The zero-order valence-electron chi connectivity index (χ0n) is 13.7. The Balaban J connectivity index is 2.13. The van der Waals surface area contributed by atoms with Crippen LogP contribution >= 0.6 is 0 Å². The van der Waals surface area contributed by atoms with Crippen molar-refractivity contribution < 1.29 is 13.2 Å². The van der Waals surface area contributed by atoms with Crippen LogP contribution in [0.15, 0.2) is 53.5 Å². The summed E-state index contributed by atoms with van der Waals surface area (Å²) < 4.78 is 42.1. The summed E-state index contributed by atoms with van der Waals surface area (Å²) in [4.78, 5) is 5.66. The molecule has 0 amide bonds. The minimum atomic E-state index is -0.977. The number of hydrogen-bond donors (Lipinski definition) is 1. The van der Waals surface area contributed by atoms with Crippen LogP contribution in [-0.2, 0) is 0 Å². The summed E-state index contributed by atoms with van der Waals surface area (Å²) in [7, 11) is 1.68. The van der Waals surface area contributed by atoms with Crippen molar-refractivity contribution in [2.75, 3.05) is 11.9 Å². The summed E-state index contributed by atoms with van der Waals surface area (Å²) in [6.45, 7) is 1.93. The molecule has 0 aliphatic rings. The van der Waals surface area contributed by atoms with Crippen LogP contribution in [0.2, 0.25) is 0 Å². The highest BCUT2D eigenvalue weighted by Crippen LogP contribution is 2.33. The van der Waals surface area contributed by atoms with E-state index in [0.717, 1.165) is 17.3 Å². The maximum Gasteiger partial charge on any atom is 0.200 e. The molecule has 0 saturated heterocycles. The van der Waals surface area contributed by atoms with Crippen LogP contribution in [0.4, 0.5) is 24.5 Å². The molecule has 3 aromatic carbocycles. The zero-order valence-corrected chi connectivity index (χ0v) is 13.7. The lowest BCUT2D eigenvalue weighted by Gasteiger charge is -2.19. The molecule has 0 unspecified atom stereocenters. The number of rotatable bonds is 2. The van der Waals surface area contributed by atoms with Gasteiger partial charge < -0.3 is 10.6 Å². The topological polar surface area (TPSA) is 41.6 Å². The fraction of sp³-hybridized carbons (Fsp3) is 0.105. The molecular formula is C19H16F3N3. The number of halogens is 3. The Morgan fingerprint density at radius 3 is 2.40 bits per heavy atom. The van der Waals surface area contributed by atoms with E-state index in [1.165, 1.54) is 12.1 Å². The van der Waals surface area contributed by atoms with Crippen molar-refractivity contribution >= 4 is 28.1 Å². The Morgan fingerprint density at radius 1 is 0.960 bits per heavy atom. The molecule has 0 bridgehead atoms. The van der Waals surface area contributed by atoms with Gasteiger partial charge in [0.05, 0.1) is 5.39 Å². The van der Waals surface area contributed by atoms with E-state index in [-0.39, 0.29) is 22.4 Å². The SMILES string of the molecule is Cc1cccc(N(C)C(N)=Nc2c(F)cc(F)c3c(F)cccc23)c1. The largest absolute Gasteiger partial charge is 0.369 e. The van der Waals surface area contributed by atoms with E-state index in [4.69, 9.17) is 5.73 Å². The highest BCUT2D eigenvalue weighted by atomic mass is 19.1. The van der Waals surface area contributed by atoms with Gasteiger partial charge in [0.25, 0.3) is 0 Å². The molecule has 0 saturated carbocycles. The van der Waals surface area contributed by atoms with E-state index in [1.807, 2.05) is 31.2 Å². The summed E-state index contributed by atoms with van der Waals surface area (Å²) in [5.41, 5.74) is 7.58. The van der Waals surface area contributed by atoms with Crippen molar-refractivity contribution in [2.24, 2.45) is 10.7 Å². The average Bonchev–Trinajstić information content (AvgIpc) is 2.57. The third-order valence-electron chi connectivity index (χ3n) is 3.95. The lowest BCUT2D eigenvalue weighted by Crippen LogP contribution is -2.33. The summed E-state index contributed by atoms with van der Waals surface area (Å²) in [5.74, 6) is -2.66. The molecule has 0 aliphatic heterocycles. The molecule has 128 valence electrons. The van der Waals surface area contributed by atoms with E-state index >= 15 is 0 Å². The van der Waals surface area contributed by atoms with Gasteiger partial charge in [0.2, 0.25) is 5.96 Å². The van der Waals surface area contributed by atoms with Crippen LogP contribution < -0.4 is 10.6 Å². The monoisotopic (exact) mass is 343 g/mol. The Morgan fingerprint density at radius 2 is 1.68 bits per heavy atom. The summed E-state index contributed by atoms with van der Waals surface area (Å²) >= 11 is 0. The van der Waals surface area contributed by atoms with Crippen LogP contribution in [0.3, 0.4) is 0 Å². The first-order valence-electron chi connectivity index (χ1n) is 7.59. The molecule has 25 heavy (non-hydrogen) atoms. The number of hydrogen-bond acceptors (Lipinski definition) is 1. The smallest absolute Gasteiger partial charge is 0.200 e. The van der Waals surface area contributed by atoms with E-state index in [0.29, 0.717) is 6.07 Å². The Kier molecular flexibility index (Phi) is 4.35. The van der Waals surface area contributed by atoms with Crippen molar-refractivity contribution in [3.8, 4) is 0 Å². The van der Waals surface area contributed by atoms with Gasteiger partial charge in [-0.2, -0.15) is 0 Å². The first-order valence-corrected chi connectivity index (χ1v) is 7.59. The Labute approximate surface area is 143 Å². The Bertz CT molecular complexity index is 983. The van der Waals surface area contributed by atoms with Crippen molar-refractivity contribution in [3.63, 3.8) is 0 Å². The maximum absolute atomic E-state index is 14.3. The van der Waals surface area contributed by atoms with Crippen molar-refractivity contribution in [1.82, 2.24) is 0 Å². The summed E-state index contributed by atoms with van der Waals surface area (Å²) in [6, 6.07) is 12.0. The van der Waals surface area contributed by atoms with E-state index < -0.39 is 17.5 Å². The lowest BCUT2D eigenvalue weighted by atomic mass is 10.1. The summed E-state index contributed by atoms with van der Waals surface area (Å²) in [5, 5.41) is -0.285. The molecule has 3 rings (SSSR count). The molecular weight excluding hydrogens is 327 g/mol. The molecule has 0 atom stereocenters. The van der Waals surface area contributed by atoms with Gasteiger partial charge in [-0.25, -0.2) is 18.2 Å². The molecule has 0 spiro atoms. The molecule has 2 N–H and O–H groups in total. The predicted molar refractivity (Wildman–Crippen MR) is 94.7 cm³/mol. The third-order valence-corrected chi connectivity index (χ3v) is 3.95. The first-order chi connectivity index (χ1) is 11.9. The first kappa shape index (κ1) is 16.8. The molecule has 0 heterocycles. The van der Waals surface area contributed by atoms with Crippen LogP contribution in [0.5, 0.6) is 0 Å². The number of guanidine groups is 1. The van der Waals surface area contributed by atoms with E-state index in [1.54, 1.807) is 11.9 Å². The van der Waals surface area contributed by atoms with Gasteiger partial charge in [-0.1, -0.05) is 24.3 Å². The van der Waals surface area contributed by atoms with Gasteiger partial charge in [-0.3, -0.25) is 0 Å². The number of benzene rings is 3. The standard InChI is InChI=1S/C19H16F3N3/c1-11-5-3-6-12(9-11)25(2)19(23)24-18-13-7-4-8-14(20)17(13)15(21)10-16(18)22/h3-10H,1-2H3,(H2,23,24). The summed E-state index contributed by atoms with van der Waals surface area (Å²) in [6.07, 6.45) is 0. The Hall–Kier alpha value is -3.02. The number of nitrogens with two attached hydrogens (primary N) is 1.